The van der Waals surface area contributed by atoms with Crippen LogP contribution in [0.1, 0.15) is 65.7 Å². The Hall–Kier alpha value is -1.06. The maximum atomic E-state index is 13.4. The van der Waals surface area contributed by atoms with Crippen LogP contribution in [0.5, 0.6) is 0 Å². The molecule has 1 aliphatic heterocycles. The summed E-state index contributed by atoms with van der Waals surface area (Å²) in [5.41, 5.74) is -0.00439. The minimum Gasteiger partial charge on any atom is -0.339 e. The molecular formula is C21H34N2O2. The summed E-state index contributed by atoms with van der Waals surface area (Å²) in [6.07, 6.45) is 8.14. The predicted octanol–water partition coefficient (Wildman–Crippen LogP) is 3.31. The van der Waals surface area contributed by atoms with E-state index >= 15 is 0 Å². The first kappa shape index (κ1) is 17.4. The third-order valence-corrected chi connectivity index (χ3v) is 7.09. The molecule has 0 radical (unpaired) electrons. The first-order valence-electron chi connectivity index (χ1n) is 10.3. The van der Waals surface area contributed by atoms with Gasteiger partial charge in [0.2, 0.25) is 11.8 Å². The van der Waals surface area contributed by atoms with Crippen molar-refractivity contribution in [1.29, 1.82) is 0 Å². The SMILES string of the molecule is CC(C)(C)CC(=O)N1CCN(C(=O)C23CC4CC(CC(C4)C2)C3)CC1. The van der Waals surface area contributed by atoms with Crippen LogP contribution in [0.2, 0.25) is 0 Å². The van der Waals surface area contributed by atoms with Gasteiger partial charge in [0.1, 0.15) is 0 Å². The summed E-state index contributed by atoms with van der Waals surface area (Å²) >= 11 is 0. The van der Waals surface area contributed by atoms with Crippen molar-refractivity contribution in [3.63, 3.8) is 0 Å². The molecule has 4 heteroatoms. The highest BCUT2D eigenvalue weighted by molar-refractivity contribution is 5.84. The normalized spacial score (nSPS) is 37.5. The first-order valence-corrected chi connectivity index (χ1v) is 10.3. The second kappa shape index (κ2) is 5.99. The molecular weight excluding hydrogens is 312 g/mol. The topological polar surface area (TPSA) is 40.6 Å². The Morgan fingerprint density at radius 2 is 1.28 bits per heavy atom. The van der Waals surface area contributed by atoms with Crippen LogP contribution in [0.15, 0.2) is 0 Å². The van der Waals surface area contributed by atoms with Gasteiger partial charge in [-0.3, -0.25) is 9.59 Å². The van der Waals surface area contributed by atoms with Gasteiger partial charge in [0.15, 0.2) is 0 Å². The second-order valence-corrected chi connectivity index (χ2v) is 10.6. The lowest BCUT2D eigenvalue weighted by Gasteiger charge is -2.57. The fraction of sp³-hybridized carbons (Fsp3) is 0.905. The van der Waals surface area contributed by atoms with Gasteiger partial charge in [-0.1, -0.05) is 20.8 Å². The van der Waals surface area contributed by atoms with Crippen LogP contribution in [-0.2, 0) is 9.59 Å². The number of hydrogen-bond donors (Lipinski definition) is 0. The van der Waals surface area contributed by atoms with Gasteiger partial charge in [-0.25, -0.2) is 0 Å². The molecule has 140 valence electrons. The van der Waals surface area contributed by atoms with E-state index in [-0.39, 0.29) is 16.7 Å². The van der Waals surface area contributed by atoms with Crippen LogP contribution in [0.3, 0.4) is 0 Å². The molecule has 5 rings (SSSR count). The molecule has 4 bridgehead atoms. The number of piperazine rings is 1. The Morgan fingerprint density at radius 3 is 1.72 bits per heavy atom. The Labute approximate surface area is 152 Å². The van der Waals surface area contributed by atoms with Crippen LogP contribution in [0.25, 0.3) is 0 Å². The molecule has 4 saturated carbocycles. The van der Waals surface area contributed by atoms with E-state index in [1.54, 1.807) is 0 Å². The van der Waals surface area contributed by atoms with E-state index in [0.717, 1.165) is 50.1 Å². The summed E-state index contributed by atoms with van der Waals surface area (Å²) in [5.74, 6) is 3.10. The minimum atomic E-state index is -0.0354. The third kappa shape index (κ3) is 3.33. The highest BCUT2D eigenvalue weighted by atomic mass is 16.2. The molecule has 0 atom stereocenters. The van der Waals surface area contributed by atoms with Crippen molar-refractivity contribution < 1.29 is 9.59 Å². The molecule has 25 heavy (non-hydrogen) atoms. The van der Waals surface area contributed by atoms with Gasteiger partial charge < -0.3 is 9.80 Å². The van der Waals surface area contributed by atoms with E-state index in [2.05, 4.69) is 25.7 Å². The highest BCUT2D eigenvalue weighted by Crippen LogP contribution is 2.60. The van der Waals surface area contributed by atoms with Gasteiger partial charge >= 0.3 is 0 Å². The number of hydrogen-bond acceptors (Lipinski definition) is 2. The van der Waals surface area contributed by atoms with Gasteiger partial charge in [0.05, 0.1) is 5.41 Å². The van der Waals surface area contributed by atoms with E-state index < -0.39 is 0 Å². The molecule has 4 aliphatic carbocycles. The van der Waals surface area contributed by atoms with Crippen molar-refractivity contribution in [2.45, 2.75) is 65.7 Å². The average Bonchev–Trinajstić information content (AvgIpc) is 2.51. The molecule has 0 aromatic carbocycles. The Balaban J connectivity index is 1.37. The van der Waals surface area contributed by atoms with Crippen LogP contribution >= 0.6 is 0 Å². The van der Waals surface area contributed by atoms with Crippen molar-refractivity contribution in [2.24, 2.45) is 28.6 Å². The maximum absolute atomic E-state index is 13.4. The largest absolute Gasteiger partial charge is 0.339 e. The first-order chi connectivity index (χ1) is 11.7. The summed E-state index contributed by atoms with van der Waals surface area (Å²) in [6.45, 7) is 9.22. The standard InChI is InChI=1S/C21H34N2O2/c1-20(2,3)14-18(24)22-4-6-23(7-5-22)19(25)21-11-15-8-16(12-21)10-17(9-15)13-21/h15-17H,4-14H2,1-3H3. The molecule has 4 nitrogen and oxygen atoms in total. The fourth-order valence-corrected chi connectivity index (χ4v) is 6.43. The molecule has 5 aliphatic rings. The highest BCUT2D eigenvalue weighted by Gasteiger charge is 2.55. The lowest BCUT2D eigenvalue weighted by atomic mass is 9.49. The Bertz CT molecular complexity index is 519. The van der Waals surface area contributed by atoms with Crippen LogP contribution < -0.4 is 0 Å². The van der Waals surface area contributed by atoms with Crippen LogP contribution in [0.4, 0.5) is 0 Å². The minimum absolute atomic E-state index is 0.0310. The summed E-state index contributed by atoms with van der Waals surface area (Å²) in [5, 5.41) is 0. The zero-order valence-electron chi connectivity index (χ0n) is 16.2. The van der Waals surface area contributed by atoms with Gasteiger partial charge in [-0.2, -0.15) is 0 Å². The van der Waals surface area contributed by atoms with Crippen LogP contribution in [0, 0.1) is 28.6 Å². The zero-order chi connectivity index (χ0) is 17.8. The fourth-order valence-electron chi connectivity index (χ4n) is 6.43. The van der Waals surface area contributed by atoms with Crippen LogP contribution in [-0.4, -0.2) is 47.8 Å². The van der Waals surface area contributed by atoms with Crippen molar-refractivity contribution in [2.75, 3.05) is 26.2 Å². The number of amides is 2. The van der Waals surface area contributed by atoms with E-state index in [0.29, 0.717) is 25.4 Å². The second-order valence-electron chi connectivity index (χ2n) is 10.6. The van der Waals surface area contributed by atoms with E-state index in [9.17, 15) is 9.59 Å². The summed E-state index contributed by atoms with van der Waals surface area (Å²) in [4.78, 5) is 29.9. The molecule has 5 fully saturated rings. The van der Waals surface area contributed by atoms with Crippen molar-refractivity contribution in [3.8, 4) is 0 Å². The van der Waals surface area contributed by atoms with Gasteiger partial charge in [0.25, 0.3) is 0 Å². The monoisotopic (exact) mass is 346 g/mol. The summed E-state index contributed by atoms with van der Waals surface area (Å²) < 4.78 is 0. The average molecular weight is 347 g/mol. The van der Waals surface area contributed by atoms with Crippen molar-refractivity contribution >= 4 is 11.8 Å². The lowest BCUT2D eigenvalue weighted by Crippen LogP contribution is -2.58. The van der Waals surface area contributed by atoms with Crippen molar-refractivity contribution in [1.82, 2.24) is 9.80 Å². The van der Waals surface area contributed by atoms with E-state index in [4.69, 9.17) is 0 Å². The lowest BCUT2D eigenvalue weighted by molar-refractivity contribution is -0.160. The molecule has 0 aromatic rings. The van der Waals surface area contributed by atoms with Gasteiger partial charge in [-0.05, 0) is 61.7 Å². The number of nitrogens with zero attached hydrogens (tertiary/aromatic N) is 2. The quantitative estimate of drug-likeness (QED) is 0.770. The van der Waals surface area contributed by atoms with Crippen molar-refractivity contribution in [3.05, 3.63) is 0 Å². The molecule has 0 spiro atoms. The molecule has 1 saturated heterocycles. The molecule has 0 unspecified atom stereocenters. The van der Waals surface area contributed by atoms with E-state index in [1.807, 2.05) is 4.90 Å². The molecule has 1 heterocycles. The Kier molecular flexibility index (Phi) is 4.16. The molecule has 2 amide bonds. The summed E-state index contributed by atoms with van der Waals surface area (Å²) in [7, 11) is 0. The number of carbonyl (C=O) groups excluding carboxylic acids is 2. The maximum Gasteiger partial charge on any atom is 0.228 e. The molecule has 0 aromatic heterocycles. The van der Waals surface area contributed by atoms with Gasteiger partial charge in [0, 0.05) is 32.6 Å². The number of carbonyl (C=O) groups is 2. The summed E-state index contributed by atoms with van der Waals surface area (Å²) in [6, 6.07) is 0. The Morgan fingerprint density at radius 1 is 0.840 bits per heavy atom. The van der Waals surface area contributed by atoms with E-state index in [1.165, 1.54) is 19.3 Å². The molecule has 0 N–H and O–H groups in total. The predicted molar refractivity (Wildman–Crippen MR) is 97.8 cm³/mol. The third-order valence-electron chi connectivity index (χ3n) is 7.09. The zero-order valence-corrected chi connectivity index (χ0v) is 16.2. The number of rotatable bonds is 2. The van der Waals surface area contributed by atoms with Gasteiger partial charge in [-0.15, -0.1) is 0 Å². The smallest absolute Gasteiger partial charge is 0.228 e.